The van der Waals surface area contributed by atoms with E-state index in [1.165, 1.54) is 0 Å². The van der Waals surface area contributed by atoms with Gasteiger partial charge in [-0.1, -0.05) is 36.4 Å². The van der Waals surface area contributed by atoms with Gasteiger partial charge in [0.2, 0.25) is 0 Å². The van der Waals surface area contributed by atoms with Crippen LogP contribution in [0.4, 0.5) is 0 Å². The highest BCUT2D eigenvalue weighted by Crippen LogP contribution is 2.13. The Morgan fingerprint density at radius 1 is 1.06 bits per heavy atom. The minimum atomic E-state index is -0.572. The molecule has 1 heterocycles. The summed E-state index contributed by atoms with van der Waals surface area (Å²) in [6, 6.07) is 14.9. The summed E-state index contributed by atoms with van der Waals surface area (Å²) in [4.78, 5) is 0. The summed E-state index contributed by atoms with van der Waals surface area (Å²) < 4.78 is 1.72. The van der Waals surface area contributed by atoms with Gasteiger partial charge in [0.05, 0.1) is 12.6 Å². The van der Waals surface area contributed by atoms with Gasteiger partial charge in [-0.05, 0) is 17.7 Å². The molecule has 82 valence electrons. The first kappa shape index (κ1) is 10.6. The third-order valence-electron chi connectivity index (χ3n) is 2.49. The zero-order valence-corrected chi connectivity index (χ0v) is 8.88. The molecule has 2 aromatic rings. The summed E-state index contributed by atoms with van der Waals surface area (Å²) in [5.74, 6) is 0. The molecule has 16 heavy (non-hydrogen) atoms. The van der Waals surface area contributed by atoms with E-state index in [1.807, 2.05) is 42.5 Å². The number of nitrogens with one attached hydrogen (secondary N) is 1. The quantitative estimate of drug-likeness (QED) is 0.802. The molecule has 2 N–H and O–H groups in total. The van der Waals surface area contributed by atoms with Crippen molar-refractivity contribution in [3.05, 3.63) is 65.8 Å². The smallest absolute Gasteiger partial charge is 0.124 e. The maximum Gasteiger partial charge on any atom is 0.124 e. The van der Waals surface area contributed by atoms with E-state index < -0.39 is 6.10 Å². The van der Waals surface area contributed by atoms with Crippen molar-refractivity contribution in [2.45, 2.75) is 12.6 Å². The Hall–Kier alpha value is -1.87. The average Bonchev–Trinajstić information content (AvgIpc) is 2.33. The highest BCUT2D eigenvalue weighted by molar-refractivity contribution is 5.17. The number of pyridine rings is 1. The molecule has 0 aliphatic heterocycles. The molecule has 1 unspecified atom stereocenters. The van der Waals surface area contributed by atoms with Gasteiger partial charge in [-0.3, -0.25) is 5.41 Å². The molecular formula is C13H14N2O. The van der Waals surface area contributed by atoms with Gasteiger partial charge in [0.1, 0.15) is 5.49 Å². The van der Waals surface area contributed by atoms with Gasteiger partial charge in [0.25, 0.3) is 0 Å². The fourth-order valence-electron chi connectivity index (χ4n) is 1.60. The minimum Gasteiger partial charge on any atom is -0.387 e. The first-order valence-electron chi connectivity index (χ1n) is 5.20. The number of nitrogens with zero attached hydrogens (tertiary/aromatic N) is 1. The van der Waals surface area contributed by atoms with Crippen LogP contribution in [0.2, 0.25) is 0 Å². The number of aliphatic hydroxyl groups is 1. The fraction of sp³-hybridized carbons (Fsp3) is 0.154. The van der Waals surface area contributed by atoms with Gasteiger partial charge in [-0.25, -0.2) is 0 Å². The second-order valence-corrected chi connectivity index (χ2v) is 3.66. The Kier molecular flexibility index (Phi) is 3.17. The summed E-state index contributed by atoms with van der Waals surface area (Å²) in [5.41, 5.74) is 1.27. The molecule has 0 spiro atoms. The minimum absolute atomic E-state index is 0.400. The van der Waals surface area contributed by atoms with Gasteiger partial charge >= 0.3 is 0 Å². The third kappa shape index (κ3) is 2.38. The Morgan fingerprint density at radius 3 is 2.44 bits per heavy atom. The normalized spacial score (nSPS) is 12.3. The standard InChI is InChI=1S/C13H14N2O/c14-13-8-4-5-9-15(13)10-12(16)11-6-2-1-3-7-11/h1-9,12,14,16H,10H2. The molecule has 3 nitrogen and oxygen atoms in total. The van der Waals surface area contributed by atoms with Crippen LogP contribution in [0.15, 0.2) is 54.7 Å². The van der Waals surface area contributed by atoms with Crippen LogP contribution in [-0.4, -0.2) is 9.67 Å². The SMILES string of the molecule is N=c1ccccn1CC(O)c1ccccc1. The number of hydrogen-bond donors (Lipinski definition) is 2. The van der Waals surface area contributed by atoms with Crippen LogP contribution < -0.4 is 5.49 Å². The van der Waals surface area contributed by atoms with Crippen LogP contribution in [0.5, 0.6) is 0 Å². The molecule has 0 amide bonds. The Bertz CT molecular complexity index is 505. The summed E-state index contributed by atoms with van der Waals surface area (Å²) in [5, 5.41) is 17.7. The van der Waals surface area contributed by atoms with Crippen molar-refractivity contribution in [2.24, 2.45) is 0 Å². The monoisotopic (exact) mass is 214 g/mol. The van der Waals surface area contributed by atoms with Gasteiger partial charge < -0.3 is 9.67 Å². The largest absolute Gasteiger partial charge is 0.387 e. The molecule has 0 saturated carbocycles. The average molecular weight is 214 g/mol. The van der Waals surface area contributed by atoms with Crippen molar-refractivity contribution in [1.82, 2.24) is 4.57 Å². The van der Waals surface area contributed by atoms with Crippen LogP contribution in [0.1, 0.15) is 11.7 Å². The molecule has 0 aliphatic rings. The maximum atomic E-state index is 9.99. The molecule has 2 rings (SSSR count). The van der Waals surface area contributed by atoms with Gasteiger partial charge in [-0.15, -0.1) is 0 Å². The first-order valence-corrected chi connectivity index (χ1v) is 5.20. The molecule has 0 fully saturated rings. The van der Waals surface area contributed by atoms with Crippen molar-refractivity contribution in [2.75, 3.05) is 0 Å². The second kappa shape index (κ2) is 4.77. The molecule has 0 bridgehead atoms. The van der Waals surface area contributed by atoms with Crippen LogP contribution in [-0.2, 0) is 6.54 Å². The van der Waals surface area contributed by atoms with E-state index >= 15 is 0 Å². The number of aromatic nitrogens is 1. The van der Waals surface area contributed by atoms with Gasteiger partial charge in [0, 0.05) is 6.20 Å². The Morgan fingerprint density at radius 2 is 1.75 bits per heavy atom. The van der Waals surface area contributed by atoms with E-state index in [-0.39, 0.29) is 0 Å². The maximum absolute atomic E-state index is 9.99. The zero-order chi connectivity index (χ0) is 11.4. The molecule has 0 aliphatic carbocycles. The topological polar surface area (TPSA) is 49.0 Å². The van der Waals surface area contributed by atoms with Crippen molar-refractivity contribution in [3.8, 4) is 0 Å². The Balaban J connectivity index is 2.17. The van der Waals surface area contributed by atoms with E-state index in [9.17, 15) is 5.11 Å². The predicted molar refractivity (Wildman–Crippen MR) is 61.7 cm³/mol. The van der Waals surface area contributed by atoms with E-state index in [1.54, 1.807) is 16.8 Å². The van der Waals surface area contributed by atoms with E-state index in [2.05, 4.69) is 0 Å². The molecule has 1 aromatic heterocycles. The fourth-order valence-corrected chi connectivity index (χ4v) is 1.60. The van der Waals surface area contributed by atoms with E-state index in [0.29, 0.717) is 12.0 Å². The predicted octanol–water partition coefficient (Wildman–Crippen LogP) is 1.70. The lowest BCUT2D eigenvalue weighted by molar-refractivity contribution is 0.154. The molecule has 0 saturated heterocycles. The van der Waals surface area contributed by atoms with Crippen molar-refractivity contribution in [1.29, 1.82) is 5.41 Å². The summed E-state index contributed by atoms with van der Waals surface area (Å²) in [6.45, 7) is 0.406. The van der Waals surface area contributed by atoms with Crippen LogP contribution >= 0.6 is 0 Å². The number of aliphatic hydroxyl groups excluding tert-OH is 1. The van der Waals surface area contributed by atoms with Crippen LogP contribution in [0.25, 0.3) is 0 Å². The number of rotatable bonds is 3. The van der Waals surface area contributed by atoms with Crippen molar-refractivity contribution >= 4 is 0 Å². The molecular weight excluding hydrogens is 200 g/mol. The van der Waals surface area contributed by atoms with E-state index in [0.717, 1.165) is 5.56 Å². The molecule has 3 heteroatoms. The first-order chi connectivity index (χ1) is 7.77. The zero-order valence-electron chi connectivity index (χ0n) is 8.88. The summed E-state index contributed by atoms with van der Waals surface area (Å²) >= 11 is 0. The highest BCUT2D eigenvalue weighted by atomic mass is 16.3. The third-order valence-corrected chi connectivity index (χ3v) is 2.49. The second-order valence-electron chi connectivity index (χ2n) is 3.66. The highest BCUT2D eigenvalue weighted by Gasteiger charge is 2.06. The summed E-state index contributed by atoms with van der Waals surface area (Å²) in [7, 11) is 0. The molecule has 1 atom stereocenters. The van der Waals surface area contributed by atoms with Crippen molar-refractivity contribution in [3.63, 3.8) is 0 Å². The molecule has 1 aromatic carbocycles. The van der Waals surface area contributed by atoms with Crippen LogP contribution in [0, 0.1) is 5.41 Å². The summed E-state index contributed by atoms with van der Waals surface area (Å²) in [6.07, 6.45) is 1.23. The van der Waals surface area contributed by atoms with Crippen molar-refractivity contribution < 1.29 is 5.11 Å². The lowest BCUT2D eigenvalue weighted by Crippen LogP contribution is -2.21. The van der Waals surface area contributed by atoms with Gasteiger partial charge in [0.15, 0.2) is 0 Å². The molecule has 0 radical (unpaired) electrons. The van der Waals surface area contributed by atoms with E-state index in [4.69, 9.17) is 5.41 Å². The number of benzene rings is 1. The van der Waals surface area contributed by atoms with Crippen LogP contribution in [0.3, 0.4) is 0 Å². The number of hydrogen-bond acceptors (Lipinski definition) is 2. The Labute approximate surface area is 94.1 Å². The lowest BCUT2D eigenvalue weighted by atomic mass is 10.1. The lowest BCUT2D eigenvalue weighted by Gasteiger charge is -2.13. The van der Waals surface area contributed by atoms with Gasteiger partial charge in [-0.2, -0.15) is 0 Å².